The SMILES string of the molecule is CCCc1ccc(OCCc2ccc(N)cc2)cc1. The second-order valence-electron chi connectivity index (χ2n) is 4.73. The Balaban J connectivity index is 1.80. The van der Waals surface area contributed by atoms with E-state index in [1.165, 1.54) is 17.5 Å². The molecule has 2 N–H and O–H groups in total. The molecule has 0 atom stereocenters. The monoisotopic (exact) mass is 255 g/mol. The van der Waals surface area contributed by atoms with Crippen molar-refractivity contribution in [2.75, 3.05) is 12.3 Å². The third kappa shape index (κ3) is 4.32. The van der Waals surface area contributed by atoms with Crippen LogP contribution in [0.4, 0.5) is 5.69 Å². The second kappa shape index (κ2) is 6.83. The highest BCUT2D eigenvalue weighted by molar-refractivity contribution is 5.39. The molecule has 0 spiro atoms. The number of rotatable bonds is 6. The lowest BCUT2D eigenvalue weighted by Crippen LogP contribution is -2.01. The maximum absolute atomic E-state index is 5.74. The first-order valence-corrected chi connectivity index (χ1v) is 6.84. The number of aryl methyl sites for hydroxylation is 1. The van der Waals surface area contributed by atoms with Gasteiger partial charge >= 0.3 is 0 Å². The first-order valence-electron chi connectivity index (χ1n) is 6.84. The fourth-order valence-electron chi connectivity index (χ4n) is 2.01. The van der Waals surface area contributed by atoms with Crippen molar-refractivity contribution in [3.05, 3.63) is 59.7 Å². The minimum Gasteiger partial charge on any atom is -0.493 e. The molecule has 0 heterocycles. The van der Waals surface area contributed by atoms with Gasteiger partial charge in [-0.05, 0) is 41.8 Å². The van der Waals surface area contributed by atoms with Crippen molar-refractivity contribution in [3.63, 3.8) is 0 Å². The van der Waals surface area contributed by atoms with Crippen LogP contribution in [0.1, 0.15) is 24.5 Å². The van der Waals surface area contributed by atoms with Crippen molar-refractivity contribution >= 4 is 5.69 Å². The third-order valence-electron chi connectivity index (χ3n) is 3.10. The number of ether oxygens (including phenoxy) is 1. The van der Waals surface area contributed by atoms with Gasteiger partial charge < -0.3 is 10.5 Å². The lowest BCUT2D eigenvalue weighted by Gasteiger charge is -2.07. The molecule has 0 aliphatic heterocycles. The van der Waals surface area contributed by atoms with Gasteiger partial charge in [-0.2, -0.15) is 0 Å². The van der Waals surface area contributed by atoms with Gasteiger partial charge in [0.15, 0.2) is 0 Å². The Kier molecular flexibility index (Phi) is 4.85. The first kappa shape index (κ1) is 13.5. The van der Waals surface area contributed by atoms with Crippen LogP contribution < -0.4 is 10.5 Å². The van der Waals surface area contributed by atoms with Crippen molar-refractivity contribution in [1.29, 1.82) is 0 Å². The molecule has 2 aromatic carbocycles. The van der Waals surface area contributed by atoms with Gasteiger partial charge in [0.05, 0.1) is 6.61 Å². The Hall–Kier alpha value is -1.96. The summed E-state index contributed by atoms with van der Waals surface area (Å²) in [7, 11) is 0. The van der Waals surface area contributed by atoms with Crippen LogP contribution >= 0.6 is 0 Å². The van der Waals surface area contributed by atoms with Crippen molar-refractivity contribution in [2.24, 2.45) is 0 Å². The Morgan fingerprint density at radius 2 is 1.42 bits per heavy atom. The summed E-state index contributed by atoms with van der Waals surface area (Å²) in [6, 6.07) is 16.3. The Labute approximate surface area is 115 Å². The molecule has 2 rings (SSSR count). The maximum Gasteiger partial charge on any atom is 0.119 e. The Morgan fingerprint density at radius 1 is 0.842 bits per heavy atom. The lowest BCUT2D eigenvalue weighted by atomic mass is 10.1. The predicted molar refractivity (Wildman–Crippen MR) is 80.5 cm³/mol. The summed E-state index contributed by atoms with van der Waals surface area (Å²) in [5.41, 5.74) is 9.07. The van der Waals surface area contributed by atoms with Crippen LogP contribution in [0.5, 0.6) is 5.75 Å². The van der Waals surface area contributed by atoms with Gasteiger partial charge in [0.1, 0.15) is 5.75 Å². The molecule has 2 aromatic rings. The van der Waals surface area contributed by atoms with E-state index in [2.05, 4.69) is 19.1 Å². The first-order chi connectivity index (χ1) is 9.28. The molecule has 0 aliphatic carbocycles. The zero-order valence-electron chi connectivity index (χ0n) is 11.4. The summed E-state index contributed by atoms with van der Waals surface area (Å²) in [6.07, 6.45) is 3.21. The molecular weight excluding hydrogens is 234 g/mol. The molecular formula is C17H21NO. The Morgan fingerprint density at radius 3 is 2.05 bits per heavy atom. The lowest BCUT2D eigenvalue weighted by molar-refractivity contribution is 0.322. The van der Waals surface area contributed by atoms with Crippen LogP contribution in [0.2, 0.25) is 0 Å². The van der Waals surface area contributed by atoms with Crippen LogP contribution in [0.15, 0.2) is 48.5 Å². The highest BCUT2D eigenvalue weighted by atomic mass is 16.5. The largest absolute Gasteiger partial charge is 0.493 e. The van der Waals surface area contributed by atoms with Crippen molar-refractivity contribution < 1.29 is 4.74 Å². The fourth-order valence-corrected chi connectivity index (χ4v) is 2.01. The molecule has 0 amide bonds. The highest BCUT2D eigenvalue weighted by Gasteiger charge is 1.97. The third-order valence-corrected chi connectivity index (χ3v) is 3.10. The predicted octanol–water partition coefficient (Wildman–Crippen LogP) is 3.84. The molecule has 2 nitrogen and oxygen atoms in total. The van der Waals surface area contributed by atoms with Crippen LogP contribution in [-0.2, 0) is 12.8 Å². The number of nitrogens with two attached hydrogens (primary N) is 1. The minimum atomic E-state index is 0.692. The number of nitrogen functional groups attached to an aromatic ring is 1. The van der Waals surface area contributed by atoms with Crippen LogP contribution in [0.3, 0.4) is 0 Å². The van der Waals surface area contributed by atoms with Gasteiger partial charge in [-0.1, -0.05) is 37.6 Å². The molecule has 0 aliphatic rings. The number of hydrogen-bond donors (Lipinski definition) is 1. The zero-order chi connectivity index (χ0) is 13.5. The van der Waals surface area contributed by atoms with Gasteiger partial charge in [-0.3, -0.25) is 0 Å². The van der Waals surface area contributed by atoms with E-state index in [0.717, 1.165) is 24.3 Å². The van der Waals surface area contributed by atoms with E-state index in [0.29, 0.717) is 6.61 Å². The molecule has 100 valence electrons. The fraction of sp³-hybridized carbons (Fsp3) is 0.294. The number of hydrogen-bond acceptors (Lipinski definition) is 2. The molecule has 0 saturated carbocycles. The van der Waals surface area contributed by atoms with Gasteiger partial charge in [0.2, 0.25) is 0 Å². The van der Waals surface area contributed by atoms with E-state index >= 15 is 0 Å². The molecule has 2 heteroatoms. The normalized spacial score (nSPS) is 10.4. The van der Waals surface area contributed by atoms with Crippen molar-refractivity contribution in [1.82, 2.24) is 0 Å². The van der Waals surface area contributed by atoms with Crippen molar-refractivity contribution in [2.45, 2.75) is 26.2 Å². The molecule has 0 saturated heterocycles. The van der Waals surface area contributed by atoms with E-state index < -0.39 is 0 Å². The molecule has 0 bridgehead atoms. The minimum absolute atomic E-state index is 0.692. The molecule has 0 aromatic heterocycles. The van der Waals surface area contributed by atoms with Crippen LogP contribution in [-0.4, -0.2) is 6.61 Å². The van der Waals surface area contributed by atoms with E-state index in [4.69, 9.17) is 10.5 Å². The van der Waals surface area contributed by atoms with E-state index in [1.807, 2.05) is 36.4 Å². The smallest absolute Gasteiger partial charge is 0.119 e. The average Bonchev–Trinajstić information content (AvgIpc) is 2.43. The van der Waals surface area contributed by atoms with Crippen LogP contribution in [0, 0.1) is 0 Å². The van der Waals surface area contributed by atoms with Gasteiger partial charge in [-0.25, -0.2) is 0 Å². The van der Waals surface area contributed by atoms with E-state index in [-0.39, 0.29) is 0 Å². The maximum atomic E-state index is 5.74. The van der Waals surface area contributed by atoms with Gasteiger partial charge in [0.25, 0.3) is 0 Å². The topological polar surface area (TPSA) is 35.2 Å². The standard InChI is InChI=1S/C17H21NO/c1-2-3-14-6-10-17(11-7-14)19-13-12-15-4-8-16(18)9-5-15/h4-11H,2-3,12-13,18H2,1H3. The van der Waals surface area contributed by atoms with Crippen LogP contribution in [0.25, 0.3) is 0 Å². The van der Waals surface area contributed by atoms with Crippen molar-refractivity contribution in [3.8, 4) is 5.75 Å². The zero-order valence-corrected chi connectivity index (χ0v) is 11.4. The molecule has 0 unspecified atom stereocenters. The summed E-state index contributed by atoms with van der Waals surface area (Å²) in [5, 5.41) is 0. The summed E-state index contributed by atoms with van der Waals surface area (Å²) < 4.78 is 5.74. The Bertz CT molecular complexity index is 488. The summed E-state index contributed by atoms with van der Waals surface area (Å²) in [6.45, 7) is 2.88. The second-order valence-corrected chi connectivity index (χ2v) is 4.73. The van der Waals surface area contributed by atoms with Gasteiger partial charge in [0, 0.05) is 12.1 Å². The number of benzene rings is 2. The molecule has 0 fully saturated rings. The van der Waals surface area contributed by atoms with E-state index in [1.54, 1.807) is 0 Å². The average molecular weight is 255 g/mol. The highest BCUT2D eigenvalue weighted by Crippen LogP contribution is 2.14. The number of anilines is 1. The summed E-state index contributed by atoms with van der Waals surface area (Å²) in [5.74, 6) is 0.940. The van der Waals surface area contributed by atoms with E-state index in [9.17, 15) is 0 Å². The van der Waals surface area contributed by atoms with Gasteiger partial charge in [-0.15, -0.1) is 0 Å². The molecule has 0 radical (unpaired) electrons. The quantitative estimate of drug-likeness (QED) is 0.796. The summed E-state index contributed by atoms with van der Waals surface area (Å²) in [4.78, 5) is 0. The molecule has 19 heavy (non-hydrogen) atoms. The summed E-state index contributed by atoms with van der Waals surface area (Å²) >= 11 is 0.